The molecule has 0 unspecified atom stereocenters. The zero-order chi connectivity index (χ0) is 13.5. The van der Waals surface area contributed by atoms with Crippen LogP contribution in [0.1, 0.15) is 31.9 Å². The molecule has 4 nitrogen and oxygen atoms in total. The minimum absolute atomic E-state index is 0.137. The van der Waals surface area contributed by atoms with Gasteiger partial charge in [0.25, 0.3) is 0 Å². The third-order valence-corrected chi connectivity index (χ3v) is 2.98. The molecular weight excluding hydrogens is 228 g/mol. The Kier molecular flexibility index (Phi) is 2.81. The van der Waals surface area contributed by atoms with E-state index in [0.717, 1.165) is 11.1 Å². The highest BCUT2D eigenvalue weighted by atomic mass is 16.5. The molecule has 0 saturated carbocycles. The highest BCUT2D eigenvalue weighted by Gasteiger charge is 2.23. The van der Waals surface area contributed by atoms with Crippen LogP contribution >= 0.6 is 0 Å². The molecule has 0 aliphatic carbocycles. The van der Waals surface area contributed by atoms with Crippen LogP contribution in [0.5, 0.6) is 5.75 Å². The number of phenolic OH excluding ortho intramolecular Hbond substituents is 1. The van der Waals surface area contributed by atoms with Crippen molar-refractivity contribution in [1.82, 2.24) is 5.16 Å². The van der Waals surface area contributed by atoms with E-state index in [2.05, 4.69) is 25.9 Å². The summed E-state index contributed by atoms with van der Waals surface area (Å²) >= 11 is 0. The molecule has 0 fully saturated rings. The van der Waals surface area contributed by atoms with E-state index in [1.165, 1.54) is 0 Å². The smallest absolute Gasteiger partial charge is 0.222 e. The SMILES string of the molecule is Cc1ccc(C(C)(C)C)c(O)c1-c1cc(N)on1. The van der Waals surface area contributed by atoms with E-state index in [-0.39, 0.29) is 17.0 Å². The Balaban J connectivity index is 2.67. The highest BCUT2D eigenvalue weighted by Crippen LogP contribution is 2.40. The standard InChI is InChI=1S/C14H18N2O2/c1-8-5-6-9(14(2,3)4)13(17)12(8)10-7-11(15)18-16-10/h5-7,17H,15H2,1-4H3. The van der Waals surface area contributed by atoms with E-state index in [1.54, 1.807) is 6.07 Å². The Labute approximate surface area is 106 Å². The number of nitrogens with zero attached hydrogens (tertiary/aromatic N) is 1. The van der Waals surface area contributed by atoms with Gasteiger partial charge in [-0.2, -0.15) is 0 Å². The fourth-order valence-electron chi connectivity index (χ4n) is 2.03. The number of aryl methyl sites for hydroxylation is 1. The van der Waals surface area contributed by atoms with E-state index in [4.69, 9.17) is 10.3 Å². The number of hydrogen-bond acceptors (Lipinski definition) is 4. The summed E-state index contributed by atoms with van der Waals surface area (Å²) in [5.74, 6) is 0.487. The zero-order valence-corrected chi connectivity index (χ0v) is 11.1. The maximum atomic E-state index is 10.4. The summed E-state index contributed by atoms with van der Waals surface area (Å²) in [5, 5.41) is 14.3. The Morgan fingerprint density at radius 3 is 2.44 bits per heavy atom. The zero-order valence-electron chi connectivity index (χ0n) is 11.1. The molecule has 4 heteroatoms. The number of aromatic nitrogens is 1. The van der Waals surface area contributed by atoms with Crippen LogP contribution in [0.2, 0.25) is 0 Å². The monoisotopic (exact) mass is 246 g/mol. The number of benzene rings is 1. The number of rotatable bonds is 1. The minimum atomic E-state index is -0.137. The third-order valence-electron chi connectivity index (χ3n) is 2.98. The summed E-state index contributed by atoms with van der Waals surface area (Å²) in [5.41, 5.74) is 8.46. The van der Waals surface area contributed by atoms with Gasteiger partial charge in [-0.15, -0.1) is 0 Å². The lowest BCUT2D eigenvalue weighted by Crippen LogP contribution is -2.11. The van der Waals surface area contributed by atoms with Crippen molar-refractivity contribution in [3.8, 4) is 17.0 Å². The highest BCUT2D eigenvalue weighted by molar-refractivity contribution is 5.74. The molecule has 0 atom stereocenters. The van der Waals surface area contributed by atoms with Crippen LogP contribution in [0.4, 0.5) is 5.88 Å². The van der Waals surface area contributed by atoms with E-state index in [0.29, 0.717) is 11.3 Å². The first kappa shape index (κ1) is 12.5. The summed E-state index contributed by atoms with van der Waals surface area (Å²) in [6, 6.07) is 5.53. The number of nitrogens with two attached hydrogens (primary N) is 1. The summed E-state index contributed by atoms with van der Waals surface area (Å²) in [7, 11) is 0. The molecule has 2 aromatic rings. The van der Waals surface area contributed by atoms with Crippen molar-refractivity contribution >= 4 is 5.88 Å². The lowest BCUT2D eigenvalue weighted by atomic mass is 9.84. The van der Waals surface area contributed by atoms with Gasteiger partial charge >= 0.3 is 0 Å². The van der Waals surface area contributed by atoms with Crippen LogP contribution in [-0.4, -0.2) is 10.3 Å². The van der Waals surface area contributed by atoms with Crippen molar-refractivity contribution in [3.63, 3.8) is 0 Å². The van der Waals surface area contributed by atoms with Crippen LogP contribution in [-0.2, 0) is 5.41 Å². The summed E-state index contributed by atoms with van der Waals surface area (Å²) in [6.07, 6.45) is 0. The normalized spacial score (nSPS) is 11.8. The van der Waals surface area contributed by atoms with Gasteiger partial charge in [0.1, 0.15) is 11.4 Å². The van der Waals surface area contributed by atoms with E-state index < -0.39 is 0 Å². The molecule has 0 aliphatic rings. The second kappa shape index (κ2) is 4.05. The van der Waals surface area contributed by atoms with Crippen LogP contribution in [0.3, 0.4) is 0 Å². The molecule has 0 spiro atoms. The maximum Gasteiger partial charge on any atom is 0.222 e. The second-order valence-electron chi connectivity index (χ2n) is 5.52. The summed E-state index contributed by atoms with van der Waals surface area (Å²) in [6.45, 7) is 8.08. The third kappa shape index (κ3) is 2.06. The predicted octanol–water partition coefficient (Wildman–Crippen LogP) is 3.24. The van der Waals surface area contributed by atoms with Crippen molar-refractivity contribution in [2.45, 2.75) is 33.1 Å². The first-order valence-corrected chi connectivity index (χ1v) is 5.86. The Morgan fingerprint density at radius 1 is 1.28 bits per heavy atom. The topological polar surface area (TPSA) is 72.3 Å². The molecule has 0 saturated heterocycles. The Morgan fingerprint density at radius 2 is 1.94 bits per heavy atom. The molecule has 0 bridgehead atoms. The van der Waals surface area contributed by atoms with Crippen molar-refractivity contribution in [2.75, 3.05) is 5.73 Å². The lowest BCUT2D eigenvalue weighted by molar-refractivity contribution is 0.433. The van der Waals surface area contributed by atoms with E-state index >= 15 is 0 Å². The fourth-order valence-corrected chi connectivity index (χ4v) is 2.03. The minimum Gasteiger partial charge on any atom is -0.507 e. The van der Waals surface area contributed by atoms with E-state index in [9.17, 15) is 5.11 Å². The molecule has 2 rings (SSSR count). The molecule has 0 aliphatic heterocycles. The van der Waals surface area contributed by atoms with Gasteiger partial charge in [0, 0.05) is 11.6 Å². The first-order chi connectivity index (χ1) is 8.30. The molecule has 1 aromatic heterocycles. The number of phenols is 1. The average molecular weight is 246 g/mol. The van der Waals surface area contributed by atoms with Crippen molar-refractivity contribution in [3.05, 3.63) is 29.3 Å². The van der Waals surface area contributed by atoms with Gasteiger partial charge < -0.3 is 15.4 Å². The van der Waals surface area contributed by atoms with Gasteiger partial charge in [-0.1, -0.05) is 38.1 Å². The first-order valence-electron chi connectivity index (χ1n) is 5.86. The quantitative estimate of drug-likeness (QED) is 0.810. The van der Waals surface area contributed by atoms with Gasteiger partial charge in [0.15, 0.2) is 0 Å². The molecule has 0 radical (unpaired) electrons. The van der Waals surface area contributed by atoms with Gasteiger partial charge in [0.05, 0.1) is 0 Å². The number of nitrogen functional groups attached to an aromatic ring is 1. The van der Waals surface area contributed by atoms with Crippen molar-refractivity contribution < 1.29 is 9.63 Å². The summed E-state index contributed by atoms with van der Waals surface area (Å²) < 4.78 is 4.87. The van der Waals surface area contributed by atoms with E-state index in [1.807, 2.05) is 19.1 Å². The van der Waals surface area contributed by atoms with Gasteiger partial charge in [-0.3, -0.25) is 0 Å². The van der Waals surface area contributed by atoms with Crippen molar-refractivity contribution in [2.24, 2.45) is 0 Å². The number of anilines is 1. The molecule has 3 N–H and O–H groups in total. The largest absolute Gasteiger partial charge is 0.507 e. The second-order valence-corrected chi connectivity index (χ2v) is 5.52. The maximum absolute atomic E-state index is 10.4. The van der Waals surface area contributed by atoms with Crippen LogP contribution in [0.15, 0.2) is 22.7 Å². The fraction of sp³-hybridized carbons (Fsp3) is 0.357. The average Bonchev–Trinajstić information content (AvgIpc) is 2.62. The number of aromatic hydroxyl groups is 1. The molecular formula is C14H18N2O2. The molecule has 1 heterocycles. The van der Waals surface area contributed by atoms with Crippen LogP contribution < -0.4 is 5.73 Å². The Bertz CT molecular complexity index is 580. The molecule has 18 heavy (non-hydrogen) atoms. The summed E-state index contributed by atoms with van der Waals surface area (Å²) in [4.78, 5) is 0. The molecule has 0 amide bonds. The van der Waals surface area contributed by atoms with Gasteiger partial charge in [-0.05, 0) is 23.5 Å². The van der Waals surface area contributed by atoms with Gasteiger partial charge in [0.2, 0.25) is 5.88 Å². The van der Waals surface area contributed by atoms with Gasteiger partial charge in [-0.25, -0.2) is 0 Å². The van der Waals surface area contributed by atoms with Crippen LogP contribution in [0.25, 0.3) is 11.3 Å². The number of hydrogen-bond donors (Lipinski definition) is 2. The van der Waals surface area contributed by atoms with Crippen molar-refractivity contribution in [1.29, 1.82) is 0 Å². The molecule has 1 aromatic carbocycles. The predicted molar refractivity (Wildman–Crippen MR) is 71.5 cm³/mol. The van der Waals surface area contributed by atoms with Crippen LogP contribution in [0, 0.1) is 6.92 Å². The molecule has 96 valence electrons. The lowest BCUT2D eigenvalue weighted by Gasteiger charge is -2.22. The Hall–Kier alpha value is -1.97.